The van der Waals surface area contributed by atoms with Crippen LogP contribution in [0.5, 0.6) is 0 Å². The Morgan fingerprint density at radius 1 is 1.11 bits per heavy atom. The van der Waals surface area contributed by atoms with E-state index >= 15 is 0 Å². The molecule has 0 fully saturated rings. The van der Waals surface area contributed by atoms with E-state index in [9.17, 15) is 13.8 Å². The number of hydrogen-bond donors (Lipinski definition) is 1. The maximum atomic E-state index is 11.3. The predicted molar refractivity (Wildman–Crippen MR) is 147 cm³/mol. The Hall–Kier alpha value is -2.45. The van der Waals surface area contributed by atoms with Crippen LogP contribution in [-0.4, -0.2) is 52.6 Å². The molecule has 1 atom stereocenters. The highest BCUT2D eigenvalue weighted by Gasteiger charge is 2.21. The maximum absolute atomic E-state index is 11.3. The van der Waals surface area contributed by atoms with Gasteiger partial charge in [-0.25, -0.2) is 4.98 Å². The standard InChI is InChI=1S/C16H25N3O3.C7H7ClOS.C3H8/c1-4-7-13(8-5-2)18(3)16-14(9-6-10-17-16)19(12-20)11-15(21)22;1-10(9)7-5-3-2-4-6(7)8;1-3-2/h6,9-10,12-13H,4-5,7-8,11H2,1-3H3,(H,21,22);2-5H,1H3;3H2,1-2H3. The number of aliphatic carboxylic acids is 1. The second-order valence-electron chi connectivity index (χ2n) is 7.91. The Morgan fingerprint density at radius 2 is 1.69 bits per heavy atom. The van der Waals surface area contributed by atoms with Crippen molar-refractivity contribution >= 4 is 46.3 Å². The van der Waals surface area contributed by atoms with Crippen molar-refractivity contribution in [3.63, 3.8) is 0 Å². The van der Waals surface area contributed by atoms with Gasteiger partial charge in [0.2, 0.25) is 6.41 Å². The maximum Gasteiger partial charge on any atom is 0.323 e. The topological polar surface area (TPSA) is 90.8 Å². The van der Waals surface area contributed by atoms with E-state index in [1.807, 2.05) is 19.2 Å². The Labute approximate surface area is 218 Å². The van der Waals surface area contributed by atoms with Crippen LogP contribution in [0.25, 0.3) is 0 Å². The summed E-state index contributed by atoms with van der Waals surface area (Å²) in [6.07, 6.45) is 9.24. The van der Waals surface area contributed by atoms with Crippen molar-refractivity contribution in [2.24, 2.45) is 0 Å². The molecule has 0 bridgehead atoms. The number of carbonyl (C=O) groups is 2. The molecular weight excluding hydrogens is 486 g/mol. The lowest BCUT2D eigenvalue weighted by molar-refractivity contribution is -0.136. The molecule has 2 aromatic rings. The van der Waals surface area contributed by atoms with Crippen LogP contribution < -0.4 is 9.80 Å². The molecule has 2 rings (SSSR count). The predicted octanol–water partition coefficient (Wildman–Crippen LogP) is 6.03. The SMILES string of the molecule is CCC.CCCC(CCC)N(C)c1ncccc1N(C=O)CC(=O)O.CS(=O)c1ccccc1Cl. The highest BCUT2D eigenvalue weighted by Crippen LogP contribution is 2.28. The van der Waals surface area contributed by atoms with Gasteiger partial charge in [0.05, 0.1) is 26.4 Å². The van der Waals surface area contributed by atoms with Crippen LogP contribution in [0.4, 0.5) is 11.5 Å². The Morgan fingerprint density at radius 3 is 2.11 bits per heavy atom. The molecule has 0 aliphatic rings. The Bertz CT molecular complexity index is 908. The van der Waals surface area contributed by atoms with E-state index in [0.29, 0.717) is 33.9 Å². The summed E-state index contributed by atoms with van der Waals surface area (Å²) in [5.41, 5.74) is 0.527. The molecule has 9 heteroatoms. The summed E-state index contributed by atoms with van der Waals surface area (Å²) < 4.78 is 10.9. The number of carboxylic acid groups (broad SMARTS) is 1. The number of carbonyl (C=O) groups excluding carboxylic acids is 1. The van der Waals surface area contributed by atoms with Crippen molar-refractivity contribution in [2.45, 2.75) is 70.7 Å². The van der Waals surface area contributed by atoms with E-state index in [1.165, 1.54) is 11.3 Å². The zero-order valence-electron chi connectivity index (χ0n) is 21.7. The van der Waals surface area contributed by atoms with Gasteiger partial charge in [0.1, 0.15) is 6.54 Å². The van der Waals surface area contributed by atoms with Gasteiger partial charge in [-0.1, -0.05) is 70.7 Å². The second-order valence-corrected chi connectivity index (χ2v) is 9.66. The number of amides is 1. The minimum absolute atomic E-state index is 0.321. The van der Waals surface area contributed by atoms with Gasteiger partial charge in [-0.3, -0.25) is 13.8 Å². The largest absolute Gasteiger partial charge is 0.480 e. The van der Waals surface area contributed by atoms with E-state index in [4.69, 9.17) is 16.7 Å². The molecule has 0 saturated carbocycles. The number of halogens is 1. The molecule has 1 N–H and O–H groups in total. The van der Waals surface area contributed by atoms with Crippen LogP contribution >= 0.6 is 11.6 Å². The van der Waals surface area contributed by atoms with E-state index in [1.54, 1.807) is 36.7 Å². The minimum atomic E-state index is -1.05. The molecule has 35 heavy (non-hydrogen) atoms. The van der Waals surface area contributed by atoms with Gasteiger partial charge in [0, 0.05) is 25.5 Å². The first-order chi connectivity index (χ1) is 16.7. The number of anilines is 2. The minimum Gasteiger partial charge on any atom is -0.480 e. The second kappa shape index (κ2) is 18.8. The number of rotatable bonds is 11. The van der Waals surface area contributed by atoms with Gasteiger partial charge in [-0.15, -0.1) is 0 Å². The third-order valence-corrected chi connectivity index (χ3v) is 6.20. The van der Waals surface area contributed by atoms with Crippen LogP contribution in [0.15, 0.2) is 47.5 Å². The normalized spacial score (nSPS) is 10.9. The molecule has 1 unspecified atom stereocenters. The fourth-order valence-corrected chi connectivity index (χ4v) is 4.33. The smallest absolute Gasteiger partial charge is 0.323 e. The molecule has 1 aromatic carbocycles. The molecule has 0 aliphatic heterocycles. The molecule has 1 heterocycles. The summed E-state index contributed by atoms with van der Waals surface area (Å²) in [6, 6.07) is 10.9. The zero-order chi connectivity index (χ0) is 26.8. The van der Waals surface area contributed by atoms with Gasteiger partial charge in [0.15, 0.2) is 5.82 Å². The Balaban J connectivity index is 0.000000733. The number of carboxylic acids is 1. The number of benzene rings is 1. The van der Waals surface area contributed by atoms with Crippen molar-refractivity contribution in [3.05, 3.63) is 47.6 Å². The van der Waals surface area contributed by atoms with Crippen molar-refractivity contribution in [1.82, 2.24) is 4.98 Å². The van der Waals surface area contributed by atoms with Crippen LogP contribution in [0.3, 0.4) is 0 Å². The first-order valence-electron chi connectivity index (χ1n) is 11.9. The molecule has 0 saturated heterocycles. The molecule has 0 aliphatic carbocycles. The van der Waals surface area contributed by atoms with Crippen LogP contribution in [0, 0.1) is 0 Å². The van der Waals surface area contributed by atoms with Crippen LogP contribution in [0.2, 0.25) is 5.02 Å². The van der Waals surface area contributed by atoms with Gasteiger partial charge in [-0.05, 0) is 37.1 Å². The fraction of sp³-hybridized carbons (Fsp3) is 0.500. The van der Waals surface area contributed by atoms with Gasteiger partial charge >= 0.3 is 5.97 Å². The first-order valence-corrected chi connectivity index (χ1v) is 13.8. The monoisotopic (exact) mass is 525 g/mol. The van der Waals surface area contributed by atoms with Gasteiger partial charge in [-0.2, -0.15) is 0 Å². The van der Waals surface area contributed by atoms with E-state index in [-0.39, 0.29) is 6.54 Å². The average molecular weight is 526 g/mol. The van der Waals surface area contributed by atoms with Crippen LogP contribution in [0.1, 0.15) is 59.8 Å². The summed E-state index contributed by atoms with van der Waals surface area (Å²) in [5.74, 6) is -0.411. The van der Waals surface area contributed by atoms with E-state index < -0.39 is 16.8 Å². The average Bonchev–Trinajstić information content (AvgIpc) is 2.83. The molecule has 1 amide bonds. The Kier molecular flexibility index (Phi) is 17.5. The third-order valence-electron chi connectivity index (χ3n) is 4.78. The number of pyridine rings is 1. The summed E-state index contributed by atoms with van der Waals surface area (Å²) in [6.45, 7) is 8.15. The van der Waals surface area contributed by atoms with Crippen LogP contribution in [-0.2, 0) is 20.4 Å². The number of hydrogen-bond acceptors (Lipinski definition) is 5. The summed E-state index contributed by atoms with van der Waals surface area (Å²) in [5, 5.41) is 9.52. The first kappa shape index (κ1) is 32.5. The zero-order valence-corrected chi connectivity index (χ0v) is 23.3. The molecular formula is C26H40ClN3O4S. The third kappa shape index (κ3) is 12.2. The molecule has 196 valence electrons. The highest BCUT2D eigenvalue weighted by atomic mass is 35.5. The highest BCUT2D eigenvalue weighted by molar-refractivity contribution is 7.84. The summed E-state index contributed by atoms with van der Waals surface area (Å²) in [7, 11) is 0.978. The summed E-state index contributed by atoms with van der Waals surface area (Å²) >= 11 is 5.73. The van der Waals surface area contributed by atoms with Gasteiger partial charge in [0.25, 0.3) is 0 Å². The lowest BCUT2D eigenvalue weighted by atomic mass is 10.1. The molecule has 0 spiro atoms. The van der Waals surface area contributed by atoms with Gasteiger partial charge < -0.3 is 14.9 Å². The van der Waals surface area contributed by atoms with E-state index in [2.05, 4.69) is 37.6 Å². The van der Waals surface area contributed by atoms with E-state index in [0.717, 1.165) is 25.7 Å². The lowest BCUT2D eigenvalue weighted by Gasteiger charge is -2.31. The van der Waals surface area contributed by atoms with Crippen molar-refractivity contribution in [1.29, 1.82) is 0 Å². The fourth-order valence-electron chi connectivity index (χ4n) is 3.26. The number of nitrogens with zero attached hydrogens (tertiary/aromatic N) is 3. The molecule has 7 nitrogen and oxygen atoms in total. The molecule has 1 aromatic heterocycles. The van der Waals surface area contributed by atoms with Crippen molar-refractivity contribution in [3.8, 4) is 0 Å². The van der Waals surface area contributed by atoms with Crippen molar-refractivity contribution in [2.75, 3.05) is 29.6 Å². The molecule has 0 radical (unpaired) electrons. The summed E-state index contributed by atoms with van der Waals surface area (Å²) in [4.78, 5) is 30.5. The lowest BCUT2D eigenvalue weighted by Crippen LogP contribution is -2.35. The van der Waals surface area contributed by atoms with Crippen molar-refractivity contribution < 1.29 is 18.9 Å². The number of aromatic nitrogens is 1. The quantitative estimate of drug-likeness (QED) is 0.360.